The zero-order chi connectivity index (χ0) is 9.97. The van der Waals surface area contributed by atoms with Gasteiger partial charge in [-0.15, -0.1) is 11.3 Å². The van der Waals surface area contributed by atoms with E-state index in [4.69, 9.17) is 15.9 Å². The molecule has 0 aliphatic carbocycles. The fourth-order valence-corrected chi connectivity index (χ4v) is 2.50. The maximum Gasteiger partial charge on any atom is 0.123 e. The Kier molecular flexibility index (Phi) is 2.65. The Morgan fingerprint density at radius 2 is 2.57 bits per heavy atom. The normalized spacial score (nSPS) is 21.7. The molecule has 0 aromatic carbocycles. The fourth-order valence-electron chi connectivity index (χ4n) is 1.61. The Morgan fingerprint density at radius 1 is 1.71 bits per heavy atom. The highest BCUT2D eigenvalue weighted by Crippen LogP contribution is 2.33. The second-order valence-electron chi connectivity index (χ2n) is 3.13. The Bertz CT molecular complexity index is 370. The number of allylic oxidation sites excluding steroid dienone is 1. The zero-order valence-electron chi connectivity index (χ0n) is 7.69. The van der Waals surface area contributed by atoms with Crippen LogP contribution in [0.3, 0.4) is 0 Å². The van der Waals surface area contributed by atoms with Crippen LogP contribution in [0, 0.1) is 5.41 Å². The van der Waals surface area contributed by atoms with Gasteiger partial charge in [0.2, 0.25) is 0 Å². The van der Waals surface area contributed by atoms with Gasteiger partial charge < -0.3 is 15.9 Å². The van der Waals surface area contributed by atoms with E-state index < -0.39 is 0 Å². The molecule has 3 N–H and O–H groups in total. The number of rotatable bonds is 2. The largest absolute Gasteiger partial charge is 0.400 e. The van der Waals surface area contributed by atoms with E-state index in [0.717, 1.165) is 12.0 Å². The molecule has 2 rings (SSSR count). The molecule has 0 bridgehead atoms. The van der Waals surface area contributed by atoms with Gasteiger partial charge in [-0.1, -0.05) is 0 Å². The molecule has 0 saturated carbocycles. The first-order chi connectivity index (χ1) is 6.83. The molecule has 1 aliphatic heterocycles. The molecule has 0 fully saturated rings. The van der Waals surface area contributed by atoms with Crippen molar-refractivity contribution in [2.24, 2.45) is 5.73 Å². The summed E-state index contributed by atoms with van der Waals surface area (Å²) in [5.41, 5.74) is 7.60. The summed E-state index contributed by atoms with van der Waals surface area (Å²) in [5, 5.41) is 9.02. The van der Waals surface area contributed by atoms with Crippen LogP contribution in [-0.2, 0) is 11.2 Å². The van der Waals surface area contributed by atoms with E-state index in [1.807, 2.05) is 0 Å². The predicted octanol–water partition coefficient (Wildman–Crippen LogP) is 1.85. The maximum absolute atomic E-state index is 6.96. The third-order valence-electron chi connectivity index (χ3n) is 2.25. The predicted molar refractivity (Wildman–Crippen MR) is 57.8 cm³/mol. The van der Waals surface area contributed by atoms with Crippen molar-refractivity contribution in [3.63, 3.8) is 0 Å². The Labute approximate surface area is 86.7 Å². The average Bonchev–Trinajstić information content (AvgIpc) is 2.65. The average molecular weight is 208 g/mol. The van der Waals surface area contributed by atoms with Crippen LogP contribution in [0.25, 0.3) is 0 Å². The van der Waals surface area contributed by atoms with Gasteiger partial charge in [-0.05, 0) is 17.5 Å². The molecule has 1 aromatic heterocycles. The smallest absolute Gasteiger partial charge is 0.123 e. The highest BCUT2D eigenvalue weighted by atomic mass is 32.1. The van der Waals surface area contributed by atoms with Crippen LogP contribution in [0.4, 0.5) is 0 Å². The molecule has 0 saturated heterocycles. The van der Waals surface area contributed by atoms with Gasteiger partial charge >= 0.3 is 0 Å². The summed E-state index contributed by atoms with van der Waals surface area (Å²) in [6, 6.07) is 2.05. The molecule has 1 unspecified atom stereocenters. The first kappa shape index (κ1) is 9.43. The molecule has 0 radical (unpaired) electrons. The van der Waals surface area contributed by atoms with Gasteiger partial charge in [0.1, 0.15) is 6.10 Å². The van der Waals surface area contributed by atoms with Gasteiger partial charge in [-0.25, -0.2) is 0 Å². The Morgan fingerprint density at radius 3 is 3.36 bits per heavy atom. The minimum atomic E-state index is -0.147. The lowest BCUT2D eigenvalue weighted by molar-refractivity contribution is 0.0676. The molecule has 0 spiro atoms. The van der Waals surface area contributed by atoms with E-state index in [0.29, 0.717) is 12.3 Å². The van der Waals surface area contributed by atoms with Gasteiger partial charge in [0, 0.05) is 28.8 Å². The third kappa shape index (κ3) is 1.58. The highest BCUT2D eigenvalue weighted by Gasteiger charge is 2.23. The zero-order valence-corrected chi connectivity index (χ0v) is 8.51. The SMILES string of the molecule is N=C/C=C(\N)C1OCCc2sccc21. The third-order valence-corrected chi connectivity index (χ3v) is 3.25. The number of nitrogens with two attached hydrogens (primary N) is 1. The monoisotopic (exact) mass is 208 g/mol. The lowest BCUT2D eigenvalue weighted by atomic mass is 10.0. The minimum absolute atomic E-state index is 0.147. The second-order valence-corrected chi connectivity index (χ2v) is 4.13. The number of hydrogen-bond acceptors (Lipinski definition) is 4. The lowest BCUT2D eigenvalue weighted by Crippen LogP contribution is -2.20. The highest BCUT2D eigenvalue weighted by molar-refractivity contribution is 7.10. The molecule has 1 aromatic rings. The van der Waals surface area contributed by atoms with E-state index >= 15 is 0 Å². The van der Waals surface area contributed by atoms with Crippen molar-refractivity contribution < 1.29 is 4.74 Å². The van der Waals surface area contributed by atoms with E-state index in [1.165, 1.54) is 11.1 Å². The summed E-state index contributed by atoms with van der Waals surface area (Å²) in [6.45, 7) is 0.713. The second kappa shape index (κ2) is 3.94. The van der Waals surface area contributed by atoms with E-state index in [-0.39, 0.29) is 6.10 Å². The number of thiophene rings is 1. The first-order valence-electron chi connectivity index (χ1n) is 4.47. The molecule has 2 heterocycles. The standard InChI is InChI=1S/C10H12N2OS/c11-4-1-8(12)10-7-3-6-14-9(7)2-5-13-10/h1,3-4,6,10-11H,2,5,12H2/b8-1-,11-4?. The van der Waals surface area contributed by atoms with Crippen molar-refractivity contribution in [3.05, 3.63) is 33.7 Å². The molecule has 1 atom stereocenters. The number of ether oxygens (including phenoxy) is 1. The molecule has 74 valence electrons. The van der Waals surface area contributed by atoms with E-state index in [2.05, 4.69) is 11.4 Å². The molecule has 14 heavy (non-hydrogen) atoms. The van der Waals surface area contributed by atoms with Gasteiger partial charge in [-0.2, -0.15) is 0 Å². The summed E-state index contributed by atoms with van der Waals surface area (Å²) in [4.78, 5) is 1.35. The summed E-state index contributed by atoms with van der Waals surface area (Å²) in [7, 11) is 0. The van der Waals surface area contributed by atoms with Crippen LogP contribution in [0.5, 0.6) is 0 Å². The Hall–Kier alpha value is -1.13. The van der Waals surface area contributed by atoms with Gasteiger partial charge in [0.15, 0.2) is 0 Å². The van der Waals surface area contributed by atoms with Crippen LogP contribution >= 0.6 is 11.3 Å². The topological polar surface area (TPSA) is 59.1 Å². The van der Waals surface area contributed by atoms with Gasteiger partial charge in [-0.3, -0.25) is 0 Å². The fraction of sp³-hybridized carbons (Fsp3) is 0.300. The molecule has 4 heteroatoms. The van der Waals surface area contributed by atoms with Gasteiger partial charge in [0.25, 0.3) is 0 Å². The maximum atomic E-state index is 6.96. The van der Waals surface area contributed by atoms with Crippen LogP contribution in [0.1, 0.15) is 16.5 Å². The van der Waals surface area contributed by atoms with Crippen molar-refractivity contribution in [2.75, 3.05) is 6.61 Å². The number of hydrogen-bond donors (Lipinski definition) is 2. The minimum Gasteiger partial charge on any atom is -0.400 e. The van der Waals surface area contributed by atoms with Gasteiger partial charge in [0.05, 0.1) is 6.61 Å². The van der Waals surface area contributed by atoms with Crippen molar-refractivity contribution in [2.45, 2.75) is 12.5 Å². The molecule has 1 aliphatic rings. The number of nitrogens with one attached hydrogen (secondary N) is 1. The van der Waals surface area contributed by atoms with E-state index in [1.54, 1.807) is 17.4 Å². The van der Waals surface area contributed by atoms with Crippen molar-refractivity contribution in [3.8, 4) is 0 Å². The summed E-state index contributed by atoms with van der Waals surface area (Å²) >= 11 is 1.74. The summed E-state index contributed by atoms with van der Waals surface area (Å²) in [6.07, 6.45) is 3.60. The number of fused-ring (bicyclic) bond motifs is 1. The van der Waals surface area contributed by atoms with Crippen molar-refractivity contribution >= 4 is 17.6 Å². The molecule has 3 nitrogen and oxygen atoms in total. The molecule has 0 amide bonds. The molecular weight excluding hydrogens is 196 g/mol. The first-order valence-corrected chi connectivity index (χ1v) is 5.35. The summed E-state index contributed by atoms with van der Waals surface area (Å²) in [5.74, 6) is 0. The quantitative estimate of drug-likeness (QED) is 0.729. The van der Waals surface area contributed by atoms with Crippen LogP contribution in [0.15, 0.2) is 23.2 Å². The molecular formula is C10H12N2OS. The lowest BCUT2D eigenvalue weighted by Gasteiger charge is -2.23. The van der Waals surface area contributed by atoms with Crippen LogP contribution in [-0.4, -0.2) is 12.8 Å². The van der Waals surface area contributed by atoms with Crippen molar-refractivity contribution in [1.29, 1.82) is 5.41 Å². The van der Waals surface area contributed by atoms with E-state index in [9.17, 15) is 0 Å². The van der Waals surface area contributed by atoms with Crippen LogP contribution < -0.4 is 5.73 Å². The summed E-state index contributed by atoms with van der Waals surface area (Å²) < 4.78 is 5.59. The van der Waals surface area contributed by atoms with Crippen molar-refractivity contribution in [1.82, 2.24) is 0 Å². The Balaban J connectivity index is 2.32. The van der Waals surface area contributed by atoms with Crippen LogP contribution in [0.2, 0.25) is 0 Å².